The molecule has 68 valence electrons. The van der Waals surface area contributed by atoms with Crippen molar-refractivity contribution >= 4 is 15.9 Å². The van der Waals surface area contributed by atoms with Crippen LogP contribution in [0.25, 0.3) is 0 Å². The third-order valence-corrected chi connectivity index (χ3v) is 2.30. The number of furan rings is 1. The Hall–Kier alpha value is -0.280. The lowest BCUT2D eigenvalue weighted by molar-refractivity contribution is 0.487. The predicted molar refractivity (Wildman–Crippen MR) is 53.3 cm³/mol. The molecule has 1 heterocycles. The zero-order chi connectivity index (χ0) is 8.97. The summed E-state index contributed by atoms with van der Waals surface area (Å²) < 4.78 is 6.32. The summed E-state index contributed by atoms with van der Waals surface area (Å²) in [4.78, 5) is 0. The van der Waals surface area contributed by atoms with E-state index in [2.05, 4.69) is 35.1 Å². The lowest BCUT2D eigenvalue weighted by Crippen LogP contribution is -2.24. The lowest BCUT2D eigenvalue weighted by Gasteiger charge is -2.05. The first-order valence-electron chi connectivity index (χ1n) is 4.15. The summed E-state index contributed by atoms with van der Waals surface area (Å²) in [7, 11) is 0. The van der Waals surface area contributed by atoms with E-state index in [0.717, 1.165) is 23.2 Å². The average Bonchev–Trinajstić information content (AvgIpc) is 2.36. The van der Waals surface area contributed by atoms with Gasteiger partial charge < -0.3 is 9.73 Å². The van der Waals surface area contributed by atoms with Gasteiger partial charge in [-0.1, -0.05) is 13.8 Å². The van der Waals surface area contributed by atoms with Crippen molar-refractivity contribution in [1.29, 1.82) is 0 Å². The van der Waals surface area contributed by atoms with Gasteiger partial charge in [-0.05, 0) is 22.0 Å². The first kappa shape index (κ1) is 9.81. The third-order valence-electron chi connectivity index (χ3n) is 1.60. The van der Waals surface area contributed by atoms with Crippen molar-refractivity contribution in [2.45, 2.75) is 26.3 Å². The molecule has 0 aliphatic rings. The van der Waals surface area contributed by atoms with E-state index in [1.165, 1.54) is 0 Å². The van der Waals surface area contributed by atoms with Crippen molar-refractivity contribution in [2.24, 2.45) is 0 Å². The molecule has 0 saturated heterocycles. The highest BCUT2D eigenvalue weighted by Crippen LogP contribution is 2.17. The molecule has 2 nitrogen and oxygen atoms in total. The van der Waals surface area contributed by atoms with E-state index in [9.17, 15) is 0 Å². The van der Waals surface area contributed by atoms with Crippen molar-refractivity contribution in [1.82, 2.24) is 5.32 Å². The molecule has 0 fully saturated rings. The molecule has 0 spiro atoms. The molecule has 0 radical (unpaired) electrons. The molecule has 12 heavy (non-hydrogen) atoms. The summed E-state index contributed by atoms with van der Waals surface area (Å²) in [6, 6.07) is 2.46. The summed E-state index contributed by atoms with van der Waals surface area (Å²) in [5.41, 5.74) is 0. The van der Waals surface area contributed by atoms with Crippen LogP contribution >= 0.6 is 15.9 Å². The lowest BCUT2D eigenvalue weighted by atomic mass is 10.3. The highest BCUT2D eigenvalue weighted by atomic mass is 79.9. The maximum Gasteiger partial charge on any atom is 0.119 e. The van der Waals surface area contributed by atoms with Gasteiger partial charge in [0.15, 0.2) is 0 Å². The maximum absolute atomic E-state index is 5.26. The molecule has 1 rings (SSSR count). The second-order valence-corrected chi connectivity index (χ2v) is 3.90. The first-order chi connectivity index (χ1) is 5.70. The third kappa shape index (κ3) is 2.99. The standard InChI is InChI=1S/C9H14BrNO/c1-7(2)11-5-3-9-8(10)4-6-12-9/h4,6-7,11H,3,5H2,1-2H3. The number of hydrogen-bond acceptors (Lipinski definition) is 2. The van der Waals surface area contributed by atoms with E-state index in [-0.39, 0.29) is 0 Å². The highest BCUT2D eigenvalue weighted by Gasteiger charge is 2.02. The topological polar surface area (TPSA) is 25.2 Å². The fourth-order valence-corrected chi connectivity index (χ4v) is 1.38. The van der Waals surface area contributed by atoms with Gasteiger partial charge in [0.25, 0.3) is 0 Å². The maximum atomic E-state index is 5.26. The molecule has 3 heteroatoms. The molecule has 1 aromatic heterocycles. The smallest absolute Gasteiger partial charge is 0.119 e. The molecular weight excluding hydrogens is 218 g/mol. The average molecular weight is 232 g/mol. The molecule has 0 saturated carbocycles. The van der Waals surface area contributed by atoms with Crippen LogP contribution in [0.15, 0.2) is 21.2 Å². The zero-order valence-corrected chi connectivity index (χ0v) is 9.02. The molecule has 0 atom stereocenters. The Morgan fingerprint density at radius 1 is 1.58 bits per heavy atom. The number of rotatable bonds is 4. The van der Waals surface area contributed by atoms with E-state index in [4.69, 9.17) is 4.42 Å². The van der Waals surface area contributed by atoms with Crippen LogP contribution in [0.2, 0.25) is 0 Å². The summed E-state index contributed by atoms with van der Waals surface area (Å²) in [6.07, 6.45) is 2.64. The van der Waals surface area contributed by atoms with E-state index in [0.29, 0.717) is 6.04 Å². The summed E-state index contributed by atoms with van der Waals surface area (Å²) in [5, 5.41) is 3.33. The second kappa shape index (κ2) is 4.67. The van der Waals surface area contributed by atoms with Crippen molar-refractivity contribution in [3.63, 3.8) is 0 Å². The van der Waals surface area contributed by atoms with Gasteiger partial charge in [0, 0.05) is 19.0 Å². The first-order valence-corrected chi connectivity index (χ1v) is 4.94. The zero-order valence-electron chi connectivity index (χ0n) is 7.43. The Labute approximate surface area is 81.5 Å². The van der Waals surface area contributed by atoms with Crippen molar-refractivity contribution in [2.75, 3.05) is 6.54 Å². The Morgan fingerprint density at radius 3 is 2.83 bits per heavy atom. The van der Waals surface area contributed by atoms with E-state index >= 15 is 0 Å². The summed E-state index contributed by atoms with van der Waals surface area (Å²) in [5.74, 6) is 1.02. The van der Waals surface area contributed by atoms with Crippen molar-refractivity contribution in [3.05, 3.63) is 22.6 Å². The Bertz CT molecular complexity index is 232. The Morgan fingerprint density at radius 2 is 2.33 bits per heavy atom. The van der Waals surface area contributed by atoms with Crippen LogP contribution < -0.4 is 5.32 Å². The van der Waals surface area contributed by atoms with Crippen LogP contribution in [-0.4, -0.2) is 12.6 Å². The molecule has 0 amide bonds. The normalized spacial score (nSPS) is 11.0. The van der Waals surface area contributed by atoms with Gasteiger partial charge in [-0.15, -0.1) is 0 Å². The van der Waals surface area contributed by atoms with Crippen LogP contribution in [0.4, 0.5) is 0 Å². The van der Waals surface area contributed by atoms with E-state index < -0.39 is 0 Å². The fourth-order valence-electron chi connectivity index (χ4n) is 0.978. The second-order valence-electron chi connectivity index (χ2n) is 3.05. The highest BCUT2D eigenvalue weighted by molar-refractivity contribution is 9.10. The van der Waals surface area contributed by atoms with Crippen LogP contribution in [0.5, 0.6) is 0 Å². The molecule has 0 bridgehead atoms. The van der Waals surface area contributed by atoms with Crippen LogP contribution in [0, 0.1) is 0 Å². The number of halogens is 1. The van der Waals surface area contributed by atoms with Crippen molar-refractivity contribution < 1.29 is 4.42 Å². The summed E-state index contributed by atoms with van der Waals surface area (Å²) in [6.45, 7) is 5.23. The van der Waals surface area contributed by atoms with Gasteiger partial charge >= 0.3 is 0 Å². The van der Waals surface area contributed by atoms with Crippen LogP contribution in [-0.2, 0) is 6.42 Å². The van der Waals surface area contributed by atoms with E-state index in [1.54, 1.807) is 6.26 Å². The fraction of sp³-hybridized carbons (Fsp3) is 0.556. The Balaban J connectivity index is 2.29. The molecule has 1 N–H and O–H groups in total. The Kier molecular flexibility index (Phi) is 3.82. The van der Waals surface area contributed by atoms with Gasteiger partial charge in [0.1, 0.15) is 5.76 Å². The molecule has 0 aliphatic heterocycles. The number of hydrogen-bond donors (Lipinski definition) is 1. The predicted octanol–water partition coefficient (Wildman–Crippen LogP) is 2.58. The molecule has 1 aromatic rings. The molecular formula is C9H14BrNO. The van der Waals surface area contributed by atoms with Crippen LogP contribution in [0.1, 0.15) is 19.6 Å². The monoisotopic (exact) mass is 231 g/mol. The molecule has 0 aromatic carbocycles. The minimum atomic E-state index is 0.540. The van der Waals surface area contributed by atoms with Crippen molar-refractivity contribution in [3.8, 4) is 0 Å². The largest absolute Gasteiger partial charge is 0.468 e. The SMILES string of the molecule is CC(C)NCCc1occc1Br. The quantitative estimate of drug-likeness (QED) is 0.863. The van der Waals surface area contributed by atoms with Gasteiger partial charge in [0.05, 0.1) is 10.7 Å². The van der Waals surface area contributed by atoms with Gasteiger partial charge in [-0.3, -0.25) is 0 Å². The van der Waals surface area contributed by atoms with Gasteiger partial charge in [-0.2, -0.15) is 0 Å². The minimum Gasteiger partial charge on any atom is -0.468 e. The molecule has 0 aliphatic carbocycles. The minimum absolute atomic E-state index is 0.540. The van der Waals surface area contributed by atoms with E-state index in [1.807, 2.05) is 6.07 Å². The summed E-state index contributed by atoms with van der Waals surface area (Å²) >= 11 is 3.41. The molecule has 0 unspecified atom stereocenters. The van der Waals surface area contributed by atoms with Crippen LogP contribution in [0.3, 0.4) is 0 Å². The van der Waals surface area contributed by atoms with Gasteiger partial charge in [-0.25, -0.2) is 0 Å². The number of nitrogens with one attached hydrogen (secondary N) is 1. The van der Waals surface area contributed by atoms with Gasteiger partial charge in [0.2, 0.25) is 0 Å².